The number of H-pyrrole nitrogens is 1. The number of aromatic nitrogens is 1. The summed E-state index contributed by atoms with van der Waals surface area (Å²) in [5.74, 6) is -0.557. The SMILES string of the molecule is CCNC(=O)OCCN(CCc1c[nH]c2ccccc12)C1CCc2cc(/C=C/C(=O)NO)ccc21. The quantitative estimate of drug-likeness (QED) is 0.201. The van der Waals surface area contributed by atoms with E-state index >= 15 is 0 Å². The van der Waals surface area contributed by atoms with Crippen LogP contribution in [0.5, 0.6) is 0 Å². The van der Waals surface area contributed by atoms with Crippen LogP contribution in [-0.2, 0) is 22.4 Å². The van der Waals surface area contributed by atoms with Crippen LogP contribution in [0.15, 0.2) is 54.7 Å². The summed E-state index contributed by atoms with van der Waals surface area (Å²) in [6, 6.07) is 14.7. The molecule has 1 aliphatic rings. The highest BCUT2D eigenvalue weighted by Gasteiger charge is 2.28. The monoisotopic (exact) mass is 476 g/mol. The number of rotatable bonds is 10. The van der Waals surface area contributed by atoms with Gasteiger partial charge in [0.05, 0.1) is 0 Å². The third-order valence-corrected chi connectivity index (χ3v) is 6.47. The van der Waals surface area contributed by atoms with E-state index < -0.39 is 5.91 Å². The van der Waals surface area contributed by atoms with Crippen molar-refractivity contribution >= 4 is 29.0 Å². The van der Waals surface area contributed by atoms with Crippen molar-refractivity contribution in [3.63, 3.8) is 0 Å². The Morgan fingerprint density at radius 3 is 2.91 bits per heavy atom. The van der Waals surface area contributed by atoms with Crippen molar-refractivity contribution in [2.45, 2.75) is 32.2 Å². The first-order chi connectivity index (χ1) is 17.1. The fourth-order valence-corrected chi connectivity index (χ4v) is 4.78. The number of benzene rings is 2. The molecule has 0 radical (unpaired) electrons. The number of aromatic amines is 1. The zero-order valence-electron chi connectivity index (χ0n) is 19.9. The largest absolute Gasteiger partial charge is 0.448 e. The van der Waals surface area contributed by atoms with Crippen LogP contribution in [0, 0.1) is 0 Å². The summed E-state index contributed by atoms with van der Waals surface area (Å²) in [6.07, 6.45) is 7.49. The summed E-state index contributed by atoms with van der Waals surface area (Å²) in [5.41, 5.74) is 7.45. The van der Waals surface area contributed by atoms with Gasteiger partial charge in [0.1, 0.15) is 6.61 Å². The van der Waals surface area contributed by atoms with E-state index in [1.807, 2.05) is 19.1 Å². The van der Waals surface area contributed by atoms with Crippen LogP contribution in [0.1, 0.15) is 41.6 Å². The van der Waals surface area contributed by atoms with Gasteiger partial charge >= 0.3 is 6.09 Å². The third kappa shape index (κ3) is 6.09. The van der Waals surface area contributed by atoms with E-state index in [1.54, 1.807) is 11.6 Å². The number of carbonyl (C=O) groups excluding carboxylic acids is 2. The molecular weight excluding hydrogens is 444 g/mol. The Labute approximate surface area is 204 Å². The van der Waals surface area contributed by atoms with Gasteiger partial charge in [0.15, 0.2) is 0 Å². The molecule has 0 spiro atoms. The van der Waals surface area contributed by atoms with Gasteiger partial charge in [0.25, 0.3) is 5.91 Å². The van der Waals surface area contributed by atoms with Crippen molar-refractivity contribution in [1.82, 2.24) is 20.7 Å². The predicted molar refractivity (Wildman–Crippen MR) is 135 cm³/mol. The van der Waals surface area contributed by atoms with Gasteiger partial charge in [-0.05, 0) is 60.6 Å². The number of para-hydroxylation sites is 1. The van der Waals surface area contributed by atoms with Crippen molar-refractivity contribution in [3.8, 4) is 0 Å². The first-order valence-corrected chi connectivity index (χ1v) is 12.0. The van der Waals surface area contributed by atoms with Gasteiger partial charge in [0.2, 0.25) is 0 Å². The highest BCUT2D eigenvalue weighted by Crippen LogP contribution is 2.36. The molecule has 4 N–H and O–H groups in total. The molecule has 1 aromatic heterocycles. The maximum atomic E-state index is 11.8. The van der Waals surface area contributed by atoms with Gasteiger partial charge in [-0.15, -0.1) is 0 Å². The van der Waals surface area contributed by atoms with Crippen molar-refractivity contribution in [1.29, 1.82) is 0 Å². The molecule has 3 aromatic rings. The second kappa shape index (κ2) is 11.7. The lowest BCUT2D eigenvalue weighted by atomic mass is 10.0. The van der Waals surface area contributed by atoms with Gasteiger partial charge in [-0.2, -0.15) is 0 Å². The Balaban J connectivity index is 1.49. The molecule has 1 heterocycles. The molecule has 0 saturated carbocycles. The van der Waals surface area contributed by atoms with Crippen LogP contribution in [0.25, 0.3) is 17.0 Å². The van der Waals surface area contributed by atoms with E-state index in [4.69, 9.17) is 9.94 Å². The fourth-order valence-electron chi connectivity index (χ4n) is 4.78. The minimum atomic E-state index is -0.557. The van der Waals surface area contributed by atoms with Crippen molar-refractivity contribution < 1.29 is 19.5 Å². The molecule has 4 rings (SSSR count). The first-order valence-electron chi connectivity index (χ1n) is 12.0. The molecule has 0 bridgehead atoms. The van der Waals surface area contributed by atoms with Crippen molar-refractivity contribution in [2.24, 2.45) is 0 Å². The highest BCUT2D eigenvalue weighted by molar-refractivity contribution is 5.90. The zero-order valence-corrected chi connectivity index (χ0v) is 19.9. The Hall–Kier alpha value is -3.62. The molecule has 1 unspecified atom stereocenters. The fraction of sp³-hybridized carbons (Fsp3) is 0.333. The van der Waals surface area contributed by atoms with Gasteiger partial charge in [-0.3, -0.25) is 14.9 Å². The van der Waals surface area contributed by atoms with Crippen LogP contribution < -0.4 is 10.8 Å². The highest BCUT2D eigenvalue weighted by atomic mass is 16.5. The number of aryl methyl sites for hydroxylation is 1. The molecule has 8 heteroatoms. The number of fused-ring (bicyclic) bond motifs is 2. The van der Waals surface area contributed by atoms with Crippen molar-refractivity contribution in [3.05, 3.63) is 77.0 Å². The lowest BCUT2D eigenvalue weighted by molar-refractivity contribution is -0.124. The molecule has 2 aromatic carbocycles. The lowest BCUT2D eigenvalue weighted by Crippen LogP contribution is -2.34. The van der Waals surface area contributed by atoms with E-state index in [1.165, 1.54) is 28.2 Å². The number of hydrogen-bond donors (Lipinski definition) is 4. The lowest BCUT2D eigenvalue weighted by Gasteiger charge is -2.29. The van der Waals surface area contributed by atoms with Crippen LogP contribution in [0.4, 0.5) is 4.79 Å². The van der Waals surface area contributed by atoms with E-state index in [-0.39, 0.29) is 12.1 Å². The van der Waals surface area contributed by atoms with Gasteiger partial charge < -0.3 is 15.0 Å². The van der Waals surface area contributed by atoms with E-state index in [0.717, 1.165) is 36.9 Å². The number of alkyl carbamates (subject to hydrolysis) is 1. The van der Waals surface area contributed by atoms with Crippen LogP contribution in [0.2, 0.25) is 0 Å². The molecule has 0 aliphatic heterocycles. The zero-order chi connectivity index (χ0) is 24.6. The standard InChI is InChI=1S/C27H32N4O4/c1-2-28-27(33)35-16-15-31(14-13-21-18-29-24-6-4-3-5-22(21)24)25-11-9-20-17-19(7-10-23(20)25)8-12-26(32)30-34/h3-8,10,12,17-18,25,29,34H,2,9,11,13-16H2,1H3,(H,28,33)(H,30,32)/b12-8+. The average molecular weight is 477 g/mol. The van der Waals surface area contributed by atoms with E-state index in [0.29, 0.717) is 19.7 Å². The summed E-state index contributed by atoms with van der Waals surface area (Å²) in [6.45, 7) is 4.20. The molecule has 2 amide bonds. The smallest absolute Gasteiger partial charge is 0.407 e. The Morgan fingerprint density at radius 2 is 2.09 bits per heavy atom. The molecular formula is C27H32N4O4. The van der Waals surface area contributed by atoms with E-state index in [9.17, 15) is 9.59 Å². The van der Waals surface area contributed by atoms with E-state index in [2.05, 4.69) is 51.7 Å². The normalized spacial score (nSPS) is 15.0. The molecule has 8 nitrogen and oxygen atoms in total. The number of amides is 2. The van der Waals surface area contributed by atoms with Gasteiger partial charge in [0, 0.05) is 48.9 Å². The summed E-state index contributed by atoms with van der Waals surface area (Å²) in [5, 5.41) is 12.6. The predicted octanol–water partition coefficient (Wildman–Crippen LogP) is 3.96. The Kier molecular flexibility index (Phi) is 8.18. The second-order valence-corrected chi connectivity index (χ2v) is 8.63. The minimum absolute atomic E-state index is 0.229. The molecule has 0 fully saturated rings. The summed E-state index contributed by atoms with van der Waals surface area (Å²) in [7, 11) is 0. The van der Waals surface area contributed by atoms with Gasteiger partial charge in [-0.25, -0.2) is 10.3 Å². The summed E-state index contributed by atoms with van der Waals surface area (Å²) < 4.78 is 5.39. The molecule has 1 aliphatic carbocycles. The van der Waals surface area contributed by atoms with Crippen LogP contribution in [-0.4, -0.2) is 53.3 Å². The number of carbonyl (C=O) groups is 2. The van der Waals surface area contributed by atoms with Gasteiger partial charge in [-0.1, -0.05) is 36.4 Å². The van der Waals surface area contributed by atoms with Crippen LogP contribution in [0.3, 0.4) is 0 Å². The maximum Gasteiger partial charge on any atom is 0.407 e. The van der Waals surface area contributed by atoms with Crippen LogP contribution >= 0.6 is 0 Å². The number of hydroxylamine groups is 1. The Morgan fingerprint density at radius 1 is 1.23 bits per heavy atom. The third-order valence-electron chi connectivity index (χ3n) is 6.47. The summed E-state index contributed by atoms with van der Waals surface area (Å²) in [4.78, 5) is 28.9. The molecule has 184 valence electrons. The maximum absolute atomic E-state index is 11.8. The topological polar surface area (TPSA) is 107 Å². The number of nitrogens with one attached hydrogen (secondary N) is 3. The molecule has 1 atom stereocenters. The average Bonchev–Trinajstić information content (AvgIpc) is 3.48. The first kappa shape index (κ1) is 24.5. The number of nitrogens with zero attached hydrogens (tertiary/aromatic N) is 1. The summed E-state index contributed by atoms with van der Waals surface area (Å²) >= 11 is 0. The number of hydrogen-bond acceptors (Lipinski definition) is 5. The minimum Gasteiger partial charge on any atom is -0.448 e. The molecule has 0 saturated heterocycles. The van der Waals surface area contributed by atoms with Crippen molar-refractivity contribution in [2.75, 3.05) is 26.2 Å². The Bertz CT molecular complexity index is 1200. The molecule has 35 heavy (non-hydrogen) atoms. The second-order valence-electron chi connectivity index (χ2n) is 8.63. The number of ether oxygens (including phenoxy) is 1.